The van der Waals surface area contributed by atoms with E-state index in [0.717, 1.165) is 25.7 Å². The molecular weight excluding hydrogens is 334 g/mol. The molecule has 26 heavy (non-hydrogen) atoms. The zero-order valence-electron chi connectivity index (χ0n) is 14.5. The lowest BCUT2D eigenvalue weighted by atomic mass is 9.93. The van der Waals surface area contributed by atoms with Gasteiger partial charge in [-0.2, -0.15) is 4.98 Å². The van der Waals surface area contributed by atoms with Crippen LogP contribution in [0.2, 0.25) is 0 Å². The minimum Gasteiger partial charge on any atom is -0.495 e. The van der Waals surface area contributed by atoms with Gasteiger partial charge in [-0.25, -0.2) is 14.3 Å². The van der Waals surface area contributed by atoms with E-state index in [1.54, 1.807) is 19.4 Å². The van der Waals surface area contributed by atoms with Crippen molar-refractivity contribution in [1.29, 1.82) is 0 Å². The highest BCUT2D eigenvalue weighted by Gasteiger charge is 2.21. The number of nitrogens with one attached hydrogen (secondary N) is 2. The highest BCUT2D eigenvalue weighted by atomic mass is 16.5. The van der Waals surface area contributed by atoms with Crippen molar-refractivity contribution >= 4 is 17.1 Å². The second kappa shape index (κ2) is 6.80. The number of fused-ring (bicyclic) bond motifs is 1. The third-order valence-electron chi connectivity index (χ3n) is 4.78. The standard InChI is InChI=1S/C18H21N5O3/c1-26-15-5-3-2-4-14(15)23-16-13(21-18(23)25)10-19-17(22-16)20-11-6-8-12(24)9-7-11/h2-5,10-12,24H,6-9H2,1H3,(H,21,25)(H,19,20,22)/t11-,12-. The maximum absolute atomic E-state index is 12.5. The van der Waals surface area contributed by atoms with Gasteiger partial charge >= 0.3 is 5.69 Å². The van der Waals surface area contributed by atoms with E-state index < -0.39 is 0 Å². The van der Waals surface area contributed by atoms with E-state index in [1.165, 1.54) is 4.57 Å². The Bertz CT molecular complexity index is 972. The fraction of sp³-hybridized carbons (Fsp3) is 0.389. The van der Waals surface area contributed by atoms with E-state index in [4.69, 9.17) is 4.74 Å². The minimum absolute atomic E-state index is 0.211. The highest BCUT2D eigenvalue weighted by Crippen LogP contribution is 2.25. The maximum atomic E-state index is 12.5. The molecule has 136 valence electrons. The van der Waals surface area contributed by atoms with Crippen molar-refractivity contribution in [2.45, 2.75) is 37.8 Å². The summed E-state index contributed by atoms with van der Waals surface area (Å²) >= 11 is 0. The lowest BCUT2D eigenvalue weighted by Gasteiger charge is -2.26. The maximum Gasteiger partial charge on any atom is 0.332 e. The SMILES string of the molecule is COc1ccccc1-n1c(=O)[nH]c2cnc(N[C@H]3CC[C@H](O)CC3)nc21. The van der Waals surface area contributed by atoms with Crippen LogP contribution in [0.5, 0.6) is 5.75 Å². The average Bonchev–Trinajstić information content (AvgIpc) is 2.98. The second-order valence-corrected chi connectivity index (χ2v) is 6.52. The van der Waals surface area contributed by atoms with Gasteiger partial charge in [-0.1, -0.05) is 12.1 Å². The number of ether oxygens (including phenoxy) is 1. The van der Waals surface area contributed by atoms with Gasteiger partial charge in [0.2, 0.25) is 5.95 Å². The molecule has 8 nitrogen and oxygen atoms in total. The monoisotopic (exact) mass is 355 g/mol. The summed E-state index contributed by atoms with van der Waals surface area (Å²) < 4.78 is 6.87. The molecule has 1 aliphatic rings. The second-order valence-electron chi connectivity index (χ2n) is 6.52. The molecule has 1 saturated carbocycles. The van der Waals surface area contributed by atoms with E-state index in [-0.39, 0.29) is 17.8 Å². The summed E-state index contributed by atoms with van der Waals surface area (Å²) in [6.45, 7) is 0. The number of imidazole rings is 1. The summed E-state index contributed by atoms with van der Waals surface area (Å²) in [6.07, 6.45) is 4.68. The summed E-state index contributed by atoms with van der Waals surface area (Å²) in [6, 6.07) is 7.53. The van der Waals surface area contributed by atoms with Crippen molar-refractivity contribution in [3.8, 4) is 11.4 Å². The zero-order valence-corrected chi connectivity index (χ0v) is 14.5. The van der Waals surface area contributed by atoms with Crippen LogP contribution in [0, 0.1) is 0 Å². The number of hydrogen-bond donors (Lipinski definition) is 3. The largest absolute Gasteiger partial charge is 0.495 e. The number of aromatic amines is 1. The number of aliphatic hydroxyl groups is 1. The molecule has 4 rings (SSSR count). The van der Waals surface area contributed by atoms with Crippen LogP contribution in [0.1, 0.15) is 25.7 Å². The average molecular weight is 355 g/mol. The fourth-order valence-electron chi connectivity index (χ4n) is 3.41. The van der Waals surface area contributed by atoms with Crippen LogP contribution >= 0.6 is 0 Å². The van der Waals surface area contributed by atoms with Gasteiger partial charge in [0.25, 0.3) is 0 Å². The molecule has 1 aliphatic carbocycles. The summed E-state index contributed by atoms with van der Waals surface area (Å²) in [5, 5.41) is 13.0. The summed E-state index contributed by atoms with van der Waals surface area (Å²) in [5.74, 6) is 1.06. The van der Waals surface area contributed by atoms with Crippen molar-refractivity contribution < 1.29 is 9.84 Å². The van der Waals surface area contributed by atoms with Gasteiger partial charge in [-0.3, -0.25) is 0 Å². The van der Waals surface area contributed by atoms with Crippen LogP contribution in [0.15, 0.2) is 35.3 Å². The molecule has 0 radical (unpaired) electrons. The smallest absolute Gasteiger partial charge is 0.332 e. The zero-order chi connectivity index (χ0) is 18.1. The topological polar surface area (TPSA) is 105 Å². The van der Waals surface area contributed by atoms with Gasteiger partial charge in [0, 0.05) is 6.04 Å². The van der Waals surface area contributed by atoms with Crippen molar-refractivity contribution in [3.63, 3.8) is 0 Å². The van der Waals surface area contributed by atoms with E-state index >= 15 is 0 Å². The number of H-pyrrole nitrogens is 1. The number of para-hydroxylation sites is 2. The number of benzene rings is 1. The Morgan fingerprint density at radius 3 is 2.81 bits per heavy atom. The van der Waals surface area contributed by atoms with E-state index in [0.29, 0.717) is 28.5 Å². The first kappa shape index (κ1) is 16.6. The van der Waals surface area contributed by atoms with Gasteiger partial charge in [-0.15, -0.1) is 0 Å². The minimum atomic E-state index is -0.295. The van der Waals surface area contributed by atoms with Crippen LogP contribution < -0.4 is 15.7 Å². The number of hydrogen-bond acceptors (Lipinski definition) is 6. The third-order valence-corrected chi connectivity index (χ3v) is 4.78. The van der Waals surface area contributed by atoms with Gasteiger partial charge in [0.1, 0.15) is 11.3 Å². The van der Waals surface area contributed by atoms with Crippen LogP contribution in [0.4, 0.5) is 5.95 Å². The Kier molecular flexibility index (Phi) is 4.34. The predicted molar refractivity (Wildman–Crippen MR) is 97.9 cm³/mol. The molecule has 0 amide bonds. The number of methoxy groups -OCH3 is 1. The molecule has 3 N–H and O–H groups in total. The number of aliphatic hydroxyl groups excluding tert-OH is 1. The highest BCUT2D eigenvalue weighted by molar-refractivity contribution is 5.74. The number of nitrogens with zero attached hydrogens (tertiary/aromatic N) is 3. The summed E-state index contributed by atoms with van der Waals surface area (Å²) in [4.78, 5) is 24.1. The lowest BCUT2D eigenvalue weighted by molar-refractivity contribution is 0.126. The quantitative estimate of drug-likeness (QED) is 0.659. The molecule has 2 heterocycles. The molecule has 3 aromatic rings. The van der Waals surface area contributed by atoms with Crippen LogP contribution in [0.3, 0.4) is 0 Å². The molecule has 1 fully saturated rings. The van der Waals surface area contributed by atoms with Gasteiger partial charge in [0.05, 0.1) is 25.1 Å². The van der Waals surface area contributed by atoms with E-state index in [9.17, 15) is 9.90 Å². The summed E-state index contributed by atoms with van der Waals surface area (Å²) in [7, 11) is 1.57. The molecule has 0 atom stereocenters. The van der Waals surface area contributed by atoms with Crippen LogP contribution in [-0.4, -0.2) is 43.9 Å². The fourth-order valence-corrected chi connectivity index (χ4v) is 3.41. The Hall–Kier alpha value is -2.87. The molecule has 1 aromatic carbocycles. The molecule has 0 spiro atoms. The van der Waals surface area contributed by atoms with Crippen LogP contribution in [-0.2, 0) is 0 Å². The molecule has 8 heteroatoms. The lowest BCUT2D eigenvalue weighted by Crippen LogP contribution is -2.29. The van der Waals surface area contributed by atoms with Gasteiger partial charge in [0.15, 0.2) is 5.65 Å². The Labute approximate surface area is 149 Å². The number of anilines is 1. The van der Waals surface area contributed by atoms with Gasteiger partial charge < -0.3 is 20.1 Å². The molecule has 2 aromatic heterocycles. The first-order valence-electron chi connectivity index (χ1n) is 8.71. The predicted octanol–water partition coefficient (Wildman–Crippen LogP) is 1.83. The van der Waals surface area contributed by atoms with Crippen molar-refractivity contribution in [3.05, 3.63) is 40.9 Å². The van der Waals surface area contributed by atoms with Crippen molar-refractivity contribution in [1.82, 2.24) is 19.5 Å². The first-order chi connectivity index (χ1) is 12.7. The van der Waals surface area contributed by atoms with Crippen molar-refractivity contribution in [2.75, 3.05) is 12.4 Å². The normalized spacial score (nSPS) is 20.2. The number of rotatable bonds is 4. The van der Waals surface area contributed by atoms with Gasteiger partial charge in [-0.05, 0) is 37.8 Å². The molecular formula is C18H21N5O3. The molecule has 0 bridgehead atoms. The Morgan fingerprint density at radius 1 is 1.27 bits per heavy atom. The van der Waals surface area contributed by atoms with Crippen molar-refractivity contribution in [2.24, 2.45) is 0 Å². The Balaban J connectivity index is 1.72. The first-order valence-corrected chi connectivity index (χ1v) is 8.71. The number of aromatic nitrogens is 4. The molecule has 0 saturated heterocycles. The molecule has 0 unspecified atom stereocenters. The van der Waals surface area contributed by atoms with Crippen LogP contribution in [0.25, 0.3) is 16.9 Å². The molecule has 0 aliphatic heterocycles. The third kappa shape index (κ3) is 3.03. The van der Waals surface area contributed by atoms with E-state index in [2.05, 4.69) is 20.3 Å². The Morgan fingerprint density at radius 2 is 2.04 bits per heavy atom. The summed E-state index contributed by atoms with van der Waals surface area (Å²) in [5.41, 5.74) is 1.38. The van der Waals surface area contributed by atoms with E-state index in [1.807, 2.05) is 18.2 Å².